The van der Waals surface area contributed by atoms with Crippen molar-refractivity contribution >= 4 is 11.4 Å². The number of hydrogen-bond acceptors (Lipinski definition) is 5. The van der Waals surface area contributed by atoms with Crippen molar-refractivity contribution in [2.75, 3.05) is 0 Å². The van der Waals surface area contributed by atoms with Gasteiger partial charge in [0.05, 0.1) is 4.92 Å². The van der Waals surface area contributed by atoms with E-state index in [-0.39, 0.29) is 17.9 Å². The molecule has 1 aromatic heterocycles. The minimum atomic E-state index is -0.481. The molecule has 18 heavy (non-hydrogen) atoms. The van der Waals surface area contributed by atoms with Crippen LogP contribution in [-0.2, 0) is 6.54 Å². The molecule has 0 saturated carbocycles. The molecule has 6 nitrogen and oxygen atoms in total. The summed E-state index contributed by atoms with van der Waals surface area (Å²) in [7, 11) is 0. The Morgan fingerprint density at radius 3 is 2.72 bits per heavy atom. The molecule has 0 atom stereocenters. The third-order valence-corrected chi connectivity index (χ3v) is 2.28. The molecule has 0 amide bonds. The first-order valence-corrected chi connectivity index (χ1v) is 5.33. The summed E-state index contributed by atoms with van der Waals surface area (Å²) < 4.78 is 5.31. The Hall–Kier alpha value is -2.50. The lowest BCUT2D eigenvalue weighted by Gasteiger charge is -1.94. The van der Waals surface area contributed by atoms with Gasteiger partial charge in [-0.25, -0.2) is 0 Å². The predicted molar refractivity (Wildman–Crippen MR) is 64.8 cm³/mol. The van der Waals surface area contributed by atoms with Crippen molar-refractivity contribution in [3.05, 3.63) is 58.0 Å². The molecule has 0 unspecified atom stereocenters. The zero-order valence-electron chi connectivity index (χ0n) is 9.74. The van der Waals surface area contributed by atoms with E-state index in [1.807, 2.05) is 13.0 Å². The van der Waals surface area contributed by atoms with Gasteiger partial charge in [-0.15, -0.1) is 5.11 Å². The van der Waals surface area contributed by atoms with Gasteiger partial charge < -0.3 is 4.42 Å². The van der Waals surface area contributed by atoms with E-state index in [9.17, 15) is 10.1 Å². The van der Waals surface area contributed by atoms with E-state index in [0.717, 1.165) is 5.76 Å². The van der Waals surface area contributed by atoms with Gasteiger partial charge in [0.25, 0.3) is 5.69 Å². The van der Waals surface area contributed by atoms with E-state index in [1.165, 1.54) is 6.07 Å². The van der Waals surface area contributed by atoms with Gasteiger partial charge in [0, 0.05) is 6.07 Å². The molecular weight excluding hydrogens is 234 g/mol. The van der Waals surface area contributed by atoms with Crippen LogP contribution in [0.2, 0.25) is 0 Å². The average molecular weight is 245 g/mol. The second kappa shape index (κ2) is 5.22. The fourth-order valence-electron chi connectivity index (χ4n) is 1.45. The highest BCUT2D eigenvalue weighted by Crippen LogP contribution is 2.26. The molecule has 1 heterocycles. The molecule has 0 radical (unpaired) electrons. The Balaban J connectivity index is 2.11. The summed E-state index contributed by atoms with van der Waals surface area (Å²) in [6.07, 6.45) is 0. The summed E-state index contributed by atoms with van der Waals surface area (Å²) in [5, 5.41) is 18.5. The largest absolute Gasteiger partial charge is 0.464 e. The van der Waals surface area contributed by atoms with Gasteiger partial charge in [0.1, 0.15) is 18.1 Å². The Kier molecular flexibility index (Phi) is 3.47. The monoisotopic (exact) mass is 245 g/mol. The lowest BCUT2D eigenvalue weighted by Crippen LogP contribution is -1.87. The SMILES string of the molecule is Cc1ccc(CN=Nc2ccccc2[N+](=O)[O-])o1. The van der Waals surface area contributed by atoms with Crippen LogP contribution < -0.4 is 0 Å². The average Bonchev–Trinajstić information content (AvgIpc) is 2.75. The van der Waals surface area contributed by atoms with Crippen LogP contribution in [0.3, 0.4) is 0 Å². The van der Waals surface area contributed by atoms with Crippen molar-refractivity contribution in [3.8, 4) is 0 Å². The number of nitro groups is 1. The van der Waals surface area contributed by atoms with Crippen LogP contribution in [0.25, 0.3) is 0 Å². The number of hydrogen-bond donors (Lipinski definition) is 0. The van der Waals surface area contributed by atoms with Gasteiger partial charge in [-0.05, 0) is 25.1 Å². The number of nitro benzene ring substituents is 1. The molecule has 6 heteroatoms. The predicted octanol–water partition coefficient (Wildman–Crippen LogP) is 3.78. The van der Waals surface area contributed by atoms with Gasteiger partial charge in [0.15, 0.2) is 5.69 Å². The highest BCUT2D eigenvalue weighted by molar-refractivity contribution is 5.56. The van der Waals surface area contributed by atoms with E-state index in [2.05, 4.69) is 10.2 Å². The fourth-order valence-corrected chi connectivity index (χ4v) is 1.45. The van der Waals surface area contributed by atoms with Gasteiger partial charge in [0.2, 0.25) is 0 Å². The number of aryl methyl sites for hydroxylation is 1. The van der Waals surface area contributed by atoms with E-state index in [4.69, 9.17) is 4.42 Å². The van der Waals surface area contributed by atoms with Crippen LogP contribution in [-0.4, -0.2) is 4.92 Å². The Labute approximate surface area is 103 Å². The Bertz CT molecular complexity index is 590. The molecule has 0 spiro atoms. The summed E-state index contributed by atoms with van der Waals surface area (Å²) in [6.45, 7) is 2.10. The molecule has 92 valence electrons. The smallest absolute Gasteiger partial charge is 0.296 e. The summed E-state index contributed by atoms with van der Waals surface area (Å²) in [5.74, 6) is 1.47. The number of benzene rings is 1. The Morgan fingerprint density at radius 1 is 1.28 bits per heavy atom. The standard InChI is InChI=1S/C12H11N3O3/c1-9-6-7-10(18-9)8-13-14-11-4-2-3-5-12(11)15(16)17/h2-7H,8H2,1H3. The molecule has 2 aromatic rings. The molecule has 0 aliphatic heterocycles. The van der Waals surface area contributed by atoms with Crippen molar-refractivity contribution in [2.24, 2.45) is 10.2 Å². The molecule has 0 bridgehead atoms. The summed E-state index contributed by atoms with van der Waals surface area (Å²) in [5.41, 5.74) is 0.183. The first-order valence-electron chi connectivity index (χ1n) is 5.33. The van der Waals surface area contributed by atoms with Crippen LogP contribution in [0.15, 0.2) is 51.0 Å². The minimum absolute atomic E-state index is 0.0584. The second-order valence-electron chi connectivity index (χ2n) is 3.66. The third-order valence-electron chi connectivity index (χ3n) is 2.28. The zero-order valence-corrected chi connectivity index (χ0v) is 9.74. The minimum Gasteiger partial charge on any atom is -0.464 e. The third kappa shape index (κ3) is 2.79. The number of para-hydroxylation sites is 1. The number of furan rings is 1. The summed E-state index contributed by atoms with van der Waals surface area (Å²) >= 11 is 0. The van der Waals surface area contributed by atoms with Gasteiger partial charge in [-0.3, -0.25) is 10.1 Å². The van der Waals surface area contributed by atoms with E-state index in [0.29, 0.717) is 5.76 Å². The van der Waals surface area contributed by atoms with Crippen molar-refractivity contribution in [2.45, 2.75) is 13.5 Å². The lowest BCUT2D eigenvalue weighted by molar-refractivity contribution is -0.384. The molecule has 0 aliphatic rings. The van der Waals surface area contributed by atoms with Crippen LogP contribution >= 0.6 is 0 Å². The maximum atomic E-state index is 10.7. The molecule has 0 saturated heterocycles. The maximum Gasteiger partial charge on any atom is 0.296 e. The van der Waals surface area contributed by atoms with Crippen molar-refractivity contribution < 1.29 is 9.34 Å². The van der Waals surface area contributed by atoms with Gasteiger partial charge >= 0.3 is 0 Å². The first kappa shape index (κ1) is 12.0. The topological polar surface area (TPSA) is 81.0 Å². The van der Waals surface area contributed by atoms with Crippen LogP contribution in [0, 0.1) is 17.0 Å². The van der Waals surface area contributed by atoms with Crippen LogP contribution in [0.4, 0.5) is 11.4 Å². The maximum absolute atomic E-state index is 10.7. The molecule has 2 rings (SSSR count). The summed E-state index contributed by atoms with van der Waals surface area (Å²) in [6, 6.07) is 9.84. The molecule has 0 fully saturated rings. The lowest BCUT2D eigenvalue weighted by atomic mass is 10.3. The van der Waals surface area contributed by atoms with E-state index < -0.39 is 4.92 Å². The molecular formula is C12H11N3O3. The normalized spacial score (nSPS) is 10.9. The van der Waals surface area contributed by atoms with Crippen LogP contribution in [0.5, 0.6) is 0 Å². The highest BCUT2D eigenvalue weighted by Gasteiger charge is 2.11. The van der Waals surface area contributed by atoms with Crippen molar-refractivity contribution in [1.82, 2.24) is 0 Å². The summed E-state index contributed by atoms with van der Waals surface area (Å²) in [4.78, 5) is 10.3. The highest BCUT2D eigenvalue weighted by atomic mass is 16.6. The quantitative estimate of drug-likeness (QED) is 0.467. The molecule has 1 aromatic carbocycles. The molecule has 0 N–H and O–H groups in total. The second-order valence-corrected chi connectivity index (χ2v) is 3.66. The number of rotatable bonds is 4. The van der Waals surface area contributed by atoms with Gasteiger partial charge in [-0.2, -0.15) is 5.11 Å². The van der Waals surface area contributed by atoms with Crippen molar-refractivity contribution in [1.29, 1.82) is 0 Å². The Morgan fingerprint density at radius 2 is 2.06 bits per heavy atom. The number of nitrogens with zero attached hydrogens (tertiary/aromatic N) is 3. The van der Waals surface area contributed by atoms with E-state index in [1.54, 1.807) is 24.3 Å². The molecule has 0 aliphatic carbocycles. The number of azo groups is 1. The van der Waals surface area contributed by atoms with E-state index >= 15 is 0 Å². The van der Waals surface area contributed by atoms with Crippen LogP contribution in [0.1, 0.15) is 11.5 Å². The fraction of sp³-hybridized carbons (Fsp3) is 0.167. The zero-order chi connectivity index (χ0) is 13.0. The first-order chi connectivity index (χ1) is 8.66. The van der Waals surface area contributed by atoms with Crippen molar-refractivity contribution in [3.63, 3.8) is 0 Å². The van der Waals surface area contributed by atoms with Gasteiger partial charge in [-0.1, -0.05) is 12.1 Å².